The highest BCUT2D eigenvalue weighted by atomic mass is 16.6. The van der Waals surface area contributed by atoms with E-state index in [1.54, 1.807) is 0 Å². The predicted molar refractivity (Wildman–Crippen MR) is 52.3 cm³/mol. The maximum atomic E-state index is 10.4. The van der Waals surface area contributed by atoms with Crippen LogP contribution in [0.15, 0.2) is 6.20 Å². The first kappa shape index (κ1) is 10.0. The summed E-state index contributed by atoms with van der Waals surface area (Å²) in [7, 11) is 0. The fourth-order valence-electron chi connectivity index (χ4n) is 1.76. The van der Waals surface area contributed by atoms with Gasteiger partial charge in [-0.3, -0.25) is 0 Å². The fraction of sp³-hybridized carbons (Fsp3) is 0.750. The van der Waals surface area contributed by atoms with Gasteiger partial charge in [-0.2, -0.15) is 0 Å². The summed E-state index contributed by atoms with van der Waals surface area (Å²) in [5.41, 5.74) is 0. The summed E-state index contributed by atoms with van der Waals surface area (Å²) in [5, 5.41) is 20.8. The van der Waals surface area contributed by atoms with E-state index in [2.05, 4.69) is 15.6 Å². The summed E-state index contributed by atoms with van der Waals surface area (Å²) in [5.74, 6) is 0.479. The van der Waals surface area contributed by atoms with Crippen molar-refractivity contribution in [2.45, 2.75) is 19.4 Å². The van der Waals surface area contributed by atoms with Crippen molar-refractivity contribution >= 4 is 5.82 Å². The lowest BCUT2D eigenvalue weighted by atomic mass is 10.1. The Morgan fingerprint density at radius 3 is 3.20 bits per heavy atom. The Bertz CT molecular complexity index is 345. The van der Waals surface area contributed by atoms with Crippen LogP contribution in [0.1, 0.15) is 12.8 Å². The molecule has 1 atom stereocenters. The zero-order valence-electron chi connectivity index (χ0n) is 8.30. The molecule has 1 aliphatic heterocycles. The van der Waals surface area contributed by atoms with Crippen molar-refractivity contribution < 1.29 is 4.92 Å². The largest absolute Gasteiger partial charge is 0.410 e. The number of nitrogens with one attached hydrogen (secondary N) is 1. The van der Waals surface area contributed by atoms with Crippen LogP contribution in [0.2, 0.25) is 0 Å². The van der Waals surface area contributed by atoms with Crippen LogP contribution < -0.4 is 5.32 Å². The van der Waals surface area contributed by atoms with Crippen LogP contribution in [0.25, 0.3) is 0 Å². The highest BCUT2D eigenvalue weighted by Gasteiger charge is 2.16. The summed E-state index contributed by atoms with van der Waals surface area (Å²) in [6.45, 7) is 2.81. The fourth-order valence-corrected chi connectivity index (χ4v) is 1.76. The zero-order chi connectivity index (χ0) is 10.7. The number of hydrogen-bond acceptors (Lipinski definition) is 5. The predicted octanol–water partition coefficient (Wildman–Crippen LogP) is 0.186. The second-order valence-corrected chi connectivity index (χ2v) is 3.74. The SMILES string of the molecule is O=[N+]([O-])c1cn(CCC2CCNC2)nn1. The molecule has 1 fully saturated rings. The molecule has 0 amide bonds. The Labute approximate surface area is 86.6 Å². The Balaban J connectivity index is 1.84. The normalized spacial score (nSPS) is 20.7. The molecule has 1 N–H and O–H groups in total. The summed E-state index contributed by atoms with van der Waals surface area (Å²) >= 11 is 0. The third-order valence-corrected chi connectivity index (χ3v) is 2.64. The van der Waals surface area contributed by atoms with E-state index in [-0.39, 0.29) is 5.82 Å². The van der Waals surface area contributed by atoms with Crippen molar-refractivity contribution in [2.24, 2.45) is 5.92 Å². The number of hydrogen-bond donors (Lipinski definition) is 1. The van der Waals surface area contributed by atoms with Crippen LogP contribution in [-0.2, 0) is 6.54 Å². The van der Waals surface area contributed by atoms with Crippen molar-refractivity contribution in [1.82, 2.24) is 20.3 Å². The molecule has 1 aromatic heterocycles. The summed E-state index contributed by atoms with van der Waals surface area (Å²) in [4.78, 5) is 9.83. The molecule has 0 bridgehead atoms. The van der Waals surface area contributed by atoms with Gasteiger partial charge in [0.15, 0.2) is 0 Å². The Morgan fingerprint density at radius 1 is 1.73 bits per heavy atom. The monoisotopic (exact) mass is 211 g/mol. The number of aromatic nitrogens is 3. The van der Waals surface area contributed by atoms with E-state index < -0.39 is 4.92 Å². The quantitative estimate of drug-likeness (QED) is 0.567. The number of nitrogens with zero attached hydrogens (tertiary/aromatic N) is 4. The Hall–Kier alpha value is -1.50. The molecule has 15 heavy (non-hydrogen) atoms. The molecule has 7 heteroatoms. The third kappa shape index (κ3) is 2.50. The maximum Gasteiger partial charge on any atom is 0.410 e. The van der Waals surface area contributed by atoms with E-state index in [9.17, 15) is 10.1 Å². The molecule has 0 radical (unpaired) electrons. The smallest absolute Gasteiger partial charge is 0.358 e. The van der Waals surface area contributed by atoms with Crippen molar-refractivity contribution in [3.05, 3.63) is 16.3 Å². The van der Waals surface area contributed by atoms with Gasteiger partial charge in [0, 0.05) is 6.54 Å². The maximum absolute atomic E-state index is 10.4. The van der Waals surface area contributed by atoms with Crippen molar-refractivity contribution in [1.29, 1.82) is 0 Å². The molecule has 1 aromatic rings. The van der Waals surface area contributed by atoms with Gasteiger partial charge in [-0.05, 0) is 36.8 Å². The minimum atomic E-state index is -0.527. The Kier molecular flexibility index (Phi) is 2.91. The van der Waals surface area contributed by atoms with E-state index in [4.69, 9.17) is 0 Å². The second-order valence-electron chi connectivity index (χ2n) is 3.74. The zero-order valence-corrected chi connectivity index (χ0v) is 8.30. The Morgan fingerprint density at radius 2 is 2.60 bits per heavy atom. The second kappa shape index (κ2) is 4.35. The molecule has 0 aromatic carbocycles. The van der Waals surface area contributed by atoms with Gasteiger partial charge in [0.05, 0.1) is 5.21 Å². The molecule has 2 rings (SSSR count). The van der Waals surface area contributed by atoms with Gasteiger partial charge < -0.3 is 15.4 Å². The number of rotatable bonds is 4. The first-order chi connectivity index (χ1) is 7.25. The molecule has 0 spiro atoms. The van der Waals surface area contributed by atoms with E-state index in [0.29, 0.717) is 12.5 Å². The highest BCUT2D eigenvalue weighted by molar-refractivity contribution is 5.08. The first-order valence-corrected chi connectivity index (χ1v) is 5.01. The lowest BCUT2D eigenvalue weighted by Crippen LogP contribution is -2.11. The van der Waals surface area contributed by atoms with Gasteiger partial charge in [0.1, 0.15) is 11.3 Å². The van der Waals surface area contributed by atoms with E-state index >= 15 is 0 Å². The summed E-state index contributed by atoms with van der Waals surface area (Å²) in [6.07, 6.45) is 3.55. The topological polar surface area (TPSA) is 85.9 Å². The average Bonchev–Trinajstić information content (AvgIpc) is 2.86. The van der Waals surface area contributed by atoms with Crippen LogP contribution in [0.5, 0.6) is 0 Å². The lowest BCUT2D eigenvalue weighted by molar-refractivity contribution is -0.389. The van der Waals surface area contributed by atoms with Crippen LogP contribution in [-0.4, -0.2) is 33.0 Å². The average molecular weight is 211 g/mol. The van der Waals surface area contributed by atoms with Crippen LogP contribution >= 0.6 is 0 Å². The first-order valence-electron chi connectivity index (χ1n) is 5.01. The van der Waals surface area contributed by atoms with Crippen LogP contribution in [0.4, 0.5) is 5.82 Å². The summed E-state index contributed by atoms with van der Waals surface area (Å²) in [6, 6.07) is 0. The molecule has 2 heterocycles. The molecular weight excluding hydrogens is 198 g/mol. The standard InChI is InChI=1S/C8H13N5O2/c14-13(15)8-6-12(11-10-8)4-2-7-1-3-9-5-7/h6-7,9H,1-5H2. The van der Waals surface area contributed by atoms with Crippen molar-refractivity contribution in [2.75, 3.05) is 13.1 Å². The molecule has 1 aliphatic rings. The van der Waals surface area contributed by atoms with Gasteiger partial charge >= 0.3 is 5.82 Å². The highest BCUT2D eigenvalue weighted by Crippen LogP contribution is 2.13. The third-order valence-electron chi connectivity index (χ3n) is 2.64. The molecule has 1 unspecified atom stereocenters. The lowest BCUT2D eigenvalue weighted by Gasteiger charge is -2.05. The minimum absolute atomic E-state index is 0.181. The van der Waals surface area contributed by atoms with Crippen molar-refractivity contribution in [3.63, 3.8) is 0 Å². The van der Waals surface area contributed by atoms with Crippen LogP contribution in [0.3, 0.4) is 0 Å². The molecule has 1 saturated heterocycles. The molecule has 0 saturated carbocycles. The summed E-state index contributed by atoms with van der Waals surface area (Å²) < 4.78 is 1.54. The molecule has 7 nitrogen and oxygen atoms in total. The molecule has 0 aliphatic carbocycles. The molecular formula is C8H13N5O2. The van der Waals surface area contributed by atoms with Crippen LogP contribution in [0, 0.1) is 16.0 Å². The van der Waals surface area contributed by atoms with Gasteiger partial charge in [0.25, 0.3) is 0 Å². The number of nitro groups is 1. The van der Waals surface area contributed by atoms with Crippen molar-refractivity contribution in [3.8, 4) is 0 Å². The number of aryl methyl sites for hydroxylation is 1. The van der Waals surface area contributed by atoms with Gasteiger partial charge in [-0.25, -0.2) is 4.68 Å². The van der Waals surface area contributed by atoms with Gasteiger partial charge in [0.2, 0.25) is 0 Å². The van der Waals surface area contributed by atoms with E-state index in [1.807, 2.05) is 0 Å². The van der Waals surface area contributed by atoms with Gasteiger partial charge in [-0.15, -0.1) is 0 Å². The minimum Gasteiger partial charge on any atom is -0.358 e. The van der Waals surface area contributed by atoms with E-state index in [0.717, 1.165) is 19.5 Å². The van der Waals surface area contributed by atoms with Gasteiger partial charge in [-0.1, -0.05) is 0 Å². The van der Waals surface area contributed by atoms with E-state index in [1.165, 1.54) is 17.3 Å². The molecule has 82 valence electrons.